The third-order valence-corrected chi connectivity index (χ3v) is 3.76. The minimum absolute atomic E-state index is 0.0132. The highest BCUT2D eigenvalue weighted by Crippen LogP contribution is 2.26. The predicted octanol–water partition coefficient (Wildman–Crippen LogP) is 2.02. The largest absolute Gasteiger partial charge is 0.469 e. The van der Waals surface area contributed by atoms with Crippen LogP contribution < -0.4 is 0 Å². The van der Waals surface area contributed by atoms with E-state index in [1.54, 1.807) is 13.0 Å². The van der Waals surface area contributed by atoms with Gasteiger partial charge in [-0.05, 0) is 25.0 Å². The van der Waals surface area contributed by atoms with Crippen molar-refractivity contribution < 1.29 is 18.7 Å². The van der Waals surface area contributed by atoms with Crippen LogP contribution in [-0.2, 0) is 9.53 Å². The van der Waals surface area contributed by atoms with Gasteiger partial charge in [0.1, 0.15) is 5.82 Å². The highest BCUT2D eigenvalue weighted by Gasteiger charge is 2.38. The number of aryl methyl sites for hydroxylation is 1. The maximum Gasteiger partial charge on any atom is 0.310 e. The van der Waals surface area contributed by atoms with Gasteiger partial charge in [-0.25, -0.2) is 4.39 Å². The normalized spacial score (nSPS) is 21.9. The molecule has 108 valence electrons. The summed E-state index contributed by atoms with van der Waals surface area (Å²) in [6.45, 7) is 4.41. The molecule has 1 aliphatic heterocycles. The molecule has 0 N–H and O–H groups in total. The number of nitrogens with zero attached hydrogens (tertiary/aromatic N) is 1. The zero-order chi connectivity index (χ0) is 14.9. The smallest absolute Gasteiger partial charge is 0.310 e. The molecular formula is C15H18FNO3. The topological polar surface area (TPSA) is 46.6 Å². The molecule has 5 heteroatoms. The van der Waals surface area contributed by atoms with Crippen LogP contribution >= 0.6 is 0 Å². The molecule has 1 amide bonds. The van der Waals surface area contributed by atoms with Crippen LogP contribution in [0.4, 0.5) is 4.39 Å². The summed E-state index contributed by atoms with van der Waals surface area (Å²) >= 11 is 0. The van der Waals surface area contributed by atoms with Crippen molar-refractivity contribution in [3.63, 3.8) is 0 Å². The maximum atomic E-state index is 13.8. The fourth-order valence-electron chi connectivity index (χ4n) is 2.56. The van der Waals surface area contributed by atoms with Crippen molar-refractivity contribution in [2.24, 2.45) is 11.8 Å². The predicted molar refractivity (Wildman–Crippen MR) is 71.7 cm³/mol. The summed E-state index contributed by atoms with van der Waals surface area (Å²) in [6, 6.07) is 4.45. The molecule has 2 unspecified atom stereocenters. The quantitative estimate of drug-likeness (QED) is 0.778. The second-order valence-corrected chi connectivity index (χ2v) is 5.30. The number of rotatable bonds is 2. The van der Waals surface area contributed by atoms with E-state index in [0.717, 1.165) is 5.56 Å². The van der Waals surface area contributed by atoms with Crippen molar-refractivity contribution in [2.45, 2.75) is 13.8 Å². The first-order chi connectivity index (χ1) is 9.43. The number of benzene rings is 1. The summed E-state index contributed by atoms with van der Waals surface area (Å²) in [5.41, 5.74) is 0.884. The van der Waals surface area contributed by atoms with E-state index in [1.165, 1.54) is 24.1 Å². The van der Waals surface area contributed by atoms with Crippen molar-refractivity contribution >= 4 is 11.9 Å². The molecule has 0 aromatic heterocycles. The number of likely N-dealkylation sites (tertiary alicyclic amines) is 1. The minimum Gasteiger partial charge on any atom is -0.469 e. The van der Waals surface area contributed by atoms with E-state index < -0.39 is 5.82 Å². The van der Waals surface area contributed by atoms with Crippen molar-refractivity contribution in [3.8, 4) is 0 Å². The Kier molecular flexibility index (Phi) is 4.06. The summed E-state index contributed by atoms with van der Waals surface area (Å²) in [4.78, 5) is 25.5. The molecule has 0 radical (unpaired) electrons. The summed E-state index contributed by atoms with van der Waals surface area (Å²) in [6.07, 6.45) is 0. The van der Waals surface area contributed by atoms with E-state index in [4.69, 9.17) is 4.74 Å². The lowest BCUT2D eigenvalue weighted by atomic mass is 9.99. The molecule has 0 saturated carbocycles. The Bertz CT molecular complexity index is 544. The zero-order valence-corrected chi connectivity index (χ0v) is 11.9. The first-order valence-corrected chi connectivity index (χ1v) is 6.57. The van der Waals surface area contributed by atoms with Crippen molar-refractivity contribution in [2.75, 3.05) is 20.2 Å². The zero-order valence-electron chi connectivity index (χ0n) is 11.9. The molecule has 1 aromatic carbocycles. The fraction of sp³-hybridized carbons (Fsp3) is 0.467. The van der Waals surface area contributed by atoms with Gasteiger partial charge in [-0.2, -0.15) is 0 Å². The van der Waals surface area contributed by atoms with Crippen molar-refractivity contribution in [3.05, 3.63) is 35.1 Å². The van der Waals surface area contributed by atoms with Gasteiger partial charge in [0.2, 0.25) is 0 Å². The van der Waals surface area contributed by atoms with Crippen LogP contribution in [0.1, 0.15) is 22.8 Å². The van der Waals surface area contributed by atoms with E-state index in [0.29, 0.717) is 6.54 Å². The van der Waals surface area contributed by atoms with Gasteiger partial charge in [-0.1, -0.05) is 18.6 Å². The number of methoxy groups -OCH3 is 1. The van der Waals surface area contributed by atoms with E-state index in [1.807, 2.05) is 6.92 Å². The van der Waals surface area contributed by atoms with Gasteiger partial charge in [0.05, 0.1) is 18.6 Å². The fourth-order valence-corrected chi connectivity index (χ4v) is 2.56. The summed E-state index contributed by atoms with van der Waals surface area (Å²) < 4.78 is 18.5. The summed E-state index contributed by atoms with van der Waals surface area (Å²) in [7, 11) is 1.33. The number of amides is 1. The second kappa shape index (κ2) is 5.61. The molecule has 1 saturated heterocycles. The molecule has 0 spiro atoms. The first-order valence-electron chi connectivity index (χ1n) is 6.57. The number of hydrogen-bond donors (Lipinski definition) is 0. The molecule has 0 aliphatic carbocycles. The molecule has 4 nitrogen and oxygen atoms in total. The molecule has 1 heterocycles. The van der Waals surface area contributed by atoms with Crippen LogP contribution in [0, 0.1) is 24.6 Å². The molecule has 1 aromatic rings. The molecule has 1 aliphatic rings. The first kappa shape index (κ1) is 14.5. The Morgan fingerprint density at radius 1 is 1.35 bits per heavy atom. The van der Waals surface area contributed by atoms with E-state index in [9.17, 15) is 14.0 Å². The van der Waals surface area contributed by atoms with Gasteiger partial charge in [0.25, 0.3) is 5.91 Å². The maximum absolute atomic E-state index is 13.8. The highest BCUT2D eigenvalue weighted by molar-refractivity contribution is 5.95. The monoisotopic (exact) mass is 279 g/mol. The van der Waals surface area contributed by atoms with Crippen LogP contribution in [-0.4, -0.2) is 37.0 Å². The van der Waals surface area contributed by atoms with E-state index in [-0.39, 0.29) is 35.8 Å². The van der Waals surface area contributed by atoms with Crippen molar-refractivity contribution in [1.82, 2.24) is 4.90 Å². The lowest BCUT2D eigenvalue weighted by Crippen LogP contribution is -2.30. The van der Waals surface area contributed by atoms with Crippen LogP contribution in [0.3, 0.4) is 0 Å². The lowest BCUT2D eigenvalue weighted by Gasteiger charge is -2.16. The Morgan fingerprint density at radius 2 is 2.05 bits per heavy atom. The molecule has 1 fully saturated rings. The van der Waals surface area contributed by atoms with Crippen LogP contribution in [0.2, 0.25) is 0 Å². The number of ether oxygens (including phenoxy) is 1. The Labute approximate surface area is 117 Å². The minimum atomic E-state index is -0.533. The van der Waals surface area contributed by atoms with E-state index in [2.05, 4.69) is 0 Å². The number of carbonyl (C=O) groups excluding carboxylic acids is 2. The summed E-state index contributed by atoms with van der Waals surface area (Å²) in [5, 5.41) is 0. The van der Waals surface area contributed by atoms with Gasteiger partial charge >= 0.3 is 5.97 Å². The standard InChI is InChI=1S/C15H18FNO3/c1-9-4-5-13(16)11(6-9)14(18)17-7-10(2)12(8-17)15(19)20-3/h4-6,10,12H,7-8H2,1-3H3. The molecule has 2 atom stereocenters. The molecular weight excluding hydrogens is 261 g/mol. The SMILES string of the molecule is COC(=O)C1CN(C(=O)c2cc(C)ccc2F)CC1C. The number of hydrogen-bond acceptors (Lipinski definition) is 3. The van der Waals surface area contributed by atoms with Crippen molar-refractivity contribution in [1.29, 1.82) is 0 Å². The highest BCUT2D eigenvalue weighted by atomic mass is 19.1. The van der Waals surface area contributed by atoms with Gasteiger partial charge in [0.15, 0.2) is 0 Å². The average Bonchev–Trinajstić information content (AvgIpc) is 2.82. The second-order valence-electron chi connectivity index (χ2n) is 5.30. The Hall–Kier alpha value is -1.91. The van der Waals surface area contributed by atoms with Crippen LogP contribution in [0.15, 0.2) is 18.2 Å². The number of esters is 1. The average molecular weight is 279 g/mol. The molecule has 0 bridgehead atoms. The van der Waals surface area contributed by atoms with Crippen LogP contribution in [0.5, 0.6) is 0 Å². The Balaban J connectivity index is 2.19. The number of halogens is 1. The third kappa shape index (κ3) is 2.66. The third-order valence-electron chi connectivity index (χ3n) is 3.76. The number of carbonyl (C=O) groups is 2. The molecule has 20 heavy (non-hydrogen) atoms. The summed E-state index contributed by atoms with van der Waals surface area (Å²) in [5.74, 6) is -1.55. The van der Waals surface area contributed by atoms with Gasteiger partial charge in [0, 0.05) is 13.1 Å². The van der Waals surface area contributed by atoms with Gasteiger partial charge in [-0.15, -0.1) is 0 Å². The molecule has 2 rings (SSSR count). The lowest BCUT2D eigenvalue weighted by molar-refractivity contribution is -0.146. The van der Waals surface area contributed by atoms with Crippen LogP contribution in [0.25, 0.3) is 0 Å². The van der Waals surface area contributed by atoms with E-state index >= 15 is 0 Å². The van der Waals surface area contributed by atoms with Gasteiger partial charge < -0.3 is 9.64 Å². The van der Waals surface area contributed by atoms with Gasteiger partial charge in [-0.3, -0.25) is 9.59 Å². The Morgan fingerprint density at radius 3 is 2.70 bits per heavy atom.